The van der Waals surface area contributed by atoms with Crippen LogP contribution in [0.3, 0.4) is 0 Å². The Kier molecular flexibility index (Phi) is 9.03. The predicted octanol–water partition coefficient (Wildman–Crippen LogP) is 5.59. The summed E-state index contributed by atoms with van der Waals surface area (Å²) in [6.07, 6.45) is 5.88. The lowest BCUT2D eigenvalue weighted by Gasteiger charge is -2.34. The van der Waals surface area contributed by atoms with Gasteiger partial charge in [0.05, 0.1) is 5.41 Å². The molecule has 2 N–H and O–H groups in total. The molecule has 0 aromatic heterocycles. The van der Waals surface area contributed by atoms with Gasteiger partial charge in [-0.05, 0) is 56.1 Å². The monoisotopic (exact) mass is 463 g/mol. The molecule has 1 saturated carbocycles. The number of carbonyl (C=O) groups excluding carboxylic acids is 2. The molecule has 3 atom stereocenters. The Labute approximate surface area is 203 Å². The normalized spacial score (nSPS) is 17.6. The van der Waals surface area contributed by atoms with Gasteiger partial charge < -0.3 is 15.2 Å². The number of amides is 1. The second-order valence-electron chi connectivity index (χ2n) is 9.89. The number of carbonyl (C=O) groups is 3. The van der Waals surface area contributed by atoms with Gasteiger partial charge in [0.15, 0.2) is 0 Å². The summed E-state index contributed by atoms with van der Waals surface area (Å²) < 4.78 is 0. The molecule has 0 radical (unpaired) electrons. The molecule has 1 aliphatic carbocycles. The number of carboxylic acid groups (broad SMARTS) is 1. The topological polar surface area (TPSA) is 83.5 Å². The molecule has 0 bridgehead atoms. The van der Waals surface area contributed by atoms with Crippen LogP contribution in [0.25, 0.3) is 0 Å². The Morgan fingerprint density at radius 3 is 1.97 bits per heavy atom. The zero-order chi connectivity index (χ0) is 24.6. The van der Waals surface area contributed by atoms with Gasteiger partial charge in [0.25, 0.3) is 0 Å². The zero-order valence-electron chi connectivity index (χ0n) is 20.3. The third kappa shape index (κ3) is 6.34. The number of hydrogen-bond acceptors (Lipinski definition) is 3. The van der Waals surface area contributed by atoms with Crippen LogP contribution in [-0.4, -0.2) is 29.3 Å². The van der Waals surface area contributed by atoms with Crippen molar-refractivity contribution >= 4 is 18.2 Å². The molecule has 2 aromatic carbocycles. The number of rotatable bonds is 12. The van der Waals surface area contributed by atoms with Gasteiger partial charge in [-0.15, -0.1) is 0 Å². The van der Waals surface area contributed by atoms with Crippen LogP contribution in [0.4, 0.5) is 0 Å². The van der Waals surface area contributed by atoms with E-state index in [2.05, 4.69) is 29.6 Å². The fraction of sp³-hybridized carbons (Fsp3) is 0.483. The minimum atomic E-state index is -0.743. The second-order valence-corrected chi connectivity index (χ2v) is 9.89. The maximum absolute atomic E-state index is 12.4. The lowest BCUT2D eigenvalue weighted by molar-refractivity contribution is -0.149. The quantitative estimate of drug-likeness (QED) is 0.402. The van der Waals surface area contributed by atoms with Gasteiger partial charge in [0.2, 0.25) is 5.91 Å². The summed E-state index contributed by atoms with van der Waals surface area (Å²) in [5.74, 6) is -1.28. The Bertz CT molecular complexity index is 898. The highest BCUT2D eigenvalue weighted by molar-refractivity contribution is 5.75. The standard InChI is InChI=1S/C29H37NO4/c1-21(30-22(2)32)26(25(20-31)15-18-29(28(33)34)16-9-10-17-29)19-27(23-11-5-3-6-12-23)24-13-7-4-8-14-24/h3-8,11-14,20-21,25-27H,9-10,15-19H2,1-2H3,(H,30,32)(H,33,34). The first-order valence-corrected chi connectivity index (χ1v) is 12.4. The maximum Gasteiger partial charge on any atom is 0.309 e. The van der Waals surface area contributed by atoms with Crippen molar-refractivity contribution in [2.75, 3.05) is 0 Å². The van der Waals surface area contributed by atoms with Gasteiger partial charge in [-0.3, -0.25) is 9.59 Å². The molecule has 3 unspecified atom stereocenters. The van der Waals surface area contributed by atoms with E-state index in [1.165, 1.54) is 6.92 Å². The average molecular weight is 464 g/mol. The summed E-state index contributed by atoms with van der Waals surface area (Å²) in [7, 11) is 0. The summed E-state index contributed by atoms with van der Waals surface area (Å²) in [6.45, 7) is 3.45. The van der Waals surface area contributed by atoms with Crippen molar-refractivity contribution in [3.8, 4) is 0 Å². The van der Waals surface area contributed by atoms with Crippen molar-refractivity contribution < 1.29 is 19.5 Å². The molecule has 0 saturated heterocycles. The van der Waals surface area contributed by atoms with E-state index < -0.39 is 11.4 Å². The van der Waals surface area contributed by atoms with Crippen LogP contribution >= 0.6 is 0 Å². The van der Waals surface area contributed by atoms with Crippen LogP contribution in [-0.2, 0) is 14.4 Å². The van der Waals surface area contributed by atoms with Gasteiger partial charge in [0.1, 0.15) is 6.29 Å². The van der Waals surface area contributed by atoms with E-state index in [1.807, 2.05) is 43.3 Å². The molecule has 34 heavy (non-hydrogen) atoms. The molecule has 1 fully saturated rings. The summed E-state index contributed by atoms with van der Waals surface area (Å²) in [5, 5.41) is 12.9. The molecule has 3 rings (SSSR count). The lowest BCUT2D eigenvalue weighted by atomic mass is 9.72. The Balaban J connectivity index is 1.90. The SMILES string of the molecule is CC(=O)NC(C)C(CC(c1ccccc1)c1ccccc1)C(C=O)CCC1(C(=O)O)CCCC1. The third-order valence-electron chi connectivity index (χ3n) is 7.68. The maximum atomic E-state index is 12.4. The predicted molar refractivity (Wildman–Crippen MR) is 133 cm³/mol. The molecule has 1 aliphatic rings. The number of aliphatic carboxylic acids is 1. The molecule has 2 aromatic rings. The van der Waals surface area contributed by atoms with Crippen molar-refractivity contribution in [3.63, 3.8) is 0 Å². The molecular formula is C29H37NO4. The largest absolute Gasteiger partial charge is 0.481 e. The number of benzene rings is 2. The van der Waals surface area contributed by atoms with E-state index in [1.54, 1.807) is 0 Å². The number of carboxylic acids is 1. The van der Waals surface area contributed by atoms with Crippen LogP contribution in [0.15, 0.2) is 60.7 Å². The number of nitrogens with one attached hydrogen (secondary N) is 1. The number of hydrogen-bond donors (Lipinski definition) is 2. The highest BCUT2D eigenvalue weighted by Crippen LogP contribution is 2.44. The van der Waals surface area contributed by atoms with Crippen LogP contribution < -0.4 is 5.32 Å². The van der Waals surface area contributed by atoms with Crippen molar-refractivity contribution in [2.24, 2.45) is 17.3 Å². The van der Waals surface area contributed by atoms with E-state index in [0.29, 0.717) is 32.1 Å². The van der Waals surface area contributed by atoms with Crippen LogP contribution in [0, 0.1) is 17.3 Å². The fourth-order valence-corrected chi connectivity index (χ4v) is 5.73. The van der Waals surface area contributed by atoms with Crippen molar-refractivity contribution in [1.29, 1.82) is 0 Å². The number of aldehydes is 1. The van der Waals surface area contributed by atoms with Gasteiger partial charge in [-0.25, -0.2) is 0 Å². The van der Waals surface area contributed by atoms with E-state index in [0.717, 1.165) is 30.3 Å². The Morgan fingerprint density at radius 1 is 1.00 bits per heavy atom. The first-order chi connectivity index (χ1) is 16.4. The molecule has 5 nitrogen and oxygen atoms in total. The summed E-state index contributed by atoms with van der Waals surface area (Å²) >= 11 is 0. The van der Waals surface area contributed by atoms with Crippen molar-refractivity contribution in [1.82, 2.24) is 5.32 Å². The second kappa shape index (κ2) is 12.0. The van der Waals surface area contributed by atoms with Crippen LogP contribution in [0.1, 0.15) is 75.8 Å². The van der Waals surface area contributed by atoms with E-state index in [-0.39, 0.29) is 29.7 Å². The Hall–Kier alpha value is -2.95. The van der Waals surface area contributed by atoms with Gasteiger partial charge in [-0.1, -0.05) is 73.5 Å². The summed E-state index contributed by atoms with van der Waals surface area (Å²) in [4.78, 5) is 36.4. The lowest BCUT2D eigenvalue weighted by Crippen LogP contribution is -2.42. The summed E-state index contributed by atoms with van der Waals surface area (Å²) in [5.41, 5.74) is 1.61. The molecule has 182 valence electrons. The van der Waals surface area contributed by atoms with E-state index in [4.69, 9.17) is 0 Å². The Morgan fingerprint density at radius 2 is 1.53 bits per heavy atom. The fourth-order valence-electron chi connectivity index (χ4n) is 5.73. The van der Waals surface area contributed by atoms with Gasteiger partial charge in [0, 0.05) is 24.8 Å². The third-order valence-corrected chi connectivity index (χ3v) is 7.68. The van der Waals surface area contributed by atoms with E-state index in [9.17, 15) is 19.5 Å². The molecule has 0 spiro atoms. The molecule has 0 heterocycles. The molecular weight excluding hydrogens is 426 g/mol. The van der Waals surface area contributed by atoms with Gasteiger partial charge in [-0.2, -0.15) is 0 Å². The smallest absolute Gasteiger partial charge is 0.309 e. The first-order valence-electron chi connectivity index (χ1n) is 12.4. The zero-order valence-corrected chi connectivity index (χ0v) is 20.3. The average Bonchev–Trinajstić information content (AvgIpc) is 3.32. The van der Waals surface area contributed by atoms with Crippen LogP contribution in [0.2, 0.25) is 0 Å². The highest BCUT2D eigenvalue weighted by atomic mass is 16.4. The minimum absolute atomic E-state index is 0.0611. The van der Waals surface area contributed by atoms with E-state index >= 15 is 0 Å². The van der Waals surface area contributed by atoms with Gasteiger partial charge >= 0.3 is 5.97 Å². The van der Waals surface area contributed by atoms with Crippen LogP contribution in [0.5, 0.6) is 0 Å². The molecule has 1 amide bonds. The molecule has 5 heteroatoms. The molecule has 0 aliphatic heterocycles. The highest BCUT2D eigenvalue weighted by Gasteiger charge is 2.42. The minimum Gasteiger partial charge on any atom is -0.481 e. The first kappa shape index (κ1) is 25.7. The van der Waals surface area contributed by atoms with Crippen molar-refractivity contribution in [2.45, 2.75) is 70.8 Å². The van der Waals surface area contributed by atoms with Crippen molar-refractivity contribution in [3.05, 3.63) is 71.8 Å². The summed E-state index contributed by atoms with van der Waals surface area (Å²) in [6, 6.07) is 20.3.